The van der Waals surface area contributed by atoms with E-state index >= 15 is 0 Å². The summed E-state index contributed by atoms with van der Waals surface area (Å²) in [6.45, 7) is 5.24. The Morgan fingerprint density at radius 2 is 2.04 bits per heavy atom. The molecule has 0 aliphatic rings. The summed E-state index contributed by atoms with van der Waals surface area (Å²) in [6.07, 6.45) is 1.47. The van der Waals surface area contributed by atoms with Crippen LogP contribution in [0.1, 0.15) is 40.7 Å². The van der Waals surface area contributed by atoms with E-state index < -0.39 is 12.1 Å². The van der Waals surface area contributed by atoms with Crippen molar-refractivity contribution in [3.8, 4) is 0 Å². The standard InChI is InChI=1S/C19H20N2O4/c1-11-14(12(2)25-21-11)8-9-18(22)24-13(3)19(23)16-10-20-17-7-5-4-6-15(16)17/h4-7,10,13,20H,8-9H2,1-3H3/t13-/m1/s1. The van der Waals surface area contributed by atoms with Crippen molar-refractivity contribution in [1.29, 1.82) is 0 Å². The first-order valence-corrected chi connectivity index (χ1v) is 8.19. The van der Waals surface area contributed by atoms with Gasteiger partial charge < -0.3 is 14.2 Å². The number of hydrogen-bond acceptors (Lipinski definition) is 5. The molecule has 0 radical (unpaired) electrons. The van der Waals surface area contributed by atoms with Crippen LogP contribution < -0.4 is 0 Å². The highest BCUT2D eigenvalue weighted by molar-refractivity contribution is 6.10. The molecule has 130 valence electrons. The molecular weight excluding hydrogens is 320 g/mol. The first kappa shape index (κ1) is 17.0. The third-order valence-electron chi connectivity index (χ3n) is 4.29. The second-order valence-electron chi connectivity index (χ2n) is 6.05. The molecule has 0 saturated carbocycles. The first-order chi connectivity index (χ1) is 12.0. The number of carbonyl (C=O) groups is 2. The zero-order valence-corrected chi connectivity index (χ0v) is 14.5. The molecule has 2 aromatic heterocycles. The molecule has 0 fully saturated rings. The summed E-state index contributed by atoms with van der Waals surface area (Å²) >= 11 is 0. The van der Waals surface area contributed by atoms with Gasteiger partial charge in [-0.3, -0.25) is 9.59 Å². The molecule has 0 aliphatic carbocycles. The lowest BCUT2D eigenvalue weighted by Gasteiger charge is -2.12. The number of carbonyl (C=O) groups excluding carboxylic acids is 2. The van der Waals surface area contributed by atoms with E-state index in [0.29, 0.717) is 17.7 Å². The van der Waals surface area contributed by atoms with Crippen LogP contribution in [0.15, 0.2) is 35.0 Å². The Kier molecular flexibility index (Phi) is 4.70. The number of aromatic amines is 1. The number of ketones is 1. The van der Waals surface area contributed by atoms with Crippen molar-refractivity contribution in [2.24, 2.45) is 0 Å². The summed E-state index contributed by atoms with van der Waals surface area (Å²) in [5.74, 6) is 0.0667. The van der Waals surface area contributed by atoms with Crippen LogP contribution in [-0.2, 0) is 16.0 Å². The number of H-pyrrole nitrogens is 1. The van der Waals surface area contributed by atoms with Crippen molar-refractivity contribution < 1.29 is 18.8 Å². The third-order valence-corrected chi connectivity index (χ3v) is 4.29. The predicted octanol–water partition coefficient (Wildman–Crippen LogP) is 3.52. The fourth-order valence-corrected chi connectivity index (χ4v) is 2.89. The molecule has 0 bridgehead atoms. The van der Waals surface area contributed by atoms with E-state index in [2.05, 4.69) is 10.1 Å². The number of hydrogen-bond donors (Lipinski definition) is 1. The molecule has 0 spiro atoms. The van der Waals surface area contributed by atoms with Gasteiger partial charge in [0, 0.05) is 34.6 Å². The third kappa shape index (κ3) is 3.47. The van der Waals surface area contributed by atoms with Crippen LogP contribution in [0.2, 0.25) is 0 Å². The molecule has 1 aromatic carbocycles. The topological polar surface area (TPSA) is 85.2 Å². The van der Waals surface area contributed by atoms with Gasteiger partial charge >= 0.3 is 5.97 Å². The Labute approximate surface area is 145 Å². The van der Waals surface area contributed by atoms with Crippen LogP contribution in [0.5, 0.6) is 0 Å². The molecule has 1 N–H and O–H groups in total. The summed E-state index contributed by atoms with van der Waals surface area (Å²) < 4.78 is 10.4. The number of nitrogens with zero attached hydrogens (tertiary/aromatic N) is 1. The van der Waals surface area contributed by atoms with Crippen molar-refractivity contribution in [2.45, 2.75) is 39.7 Å². The molecule has 25 heavy (non-hydrogen) atoms. The van der Waals surface area contributed by atoms with E-state index in [9.17, 15) is 9.59 Å². The van der Waals surface area contributed by atoms with Crippen molar-refractivity contribution >= 4 is 22.7 Å². The second-order valence-corrected chi connectivity index (χ2v) is 6.05. The van der Waals surface area contributed by atoms with Gasteiger partial charge in [0.15, 0.2) is 6.10 Å². The predicted molar refractivity (Wildman–Crippen MR) is 92.5 cm³/mol. The van der Waals surface area contributed by atoms with Crippen LogP contribution in [0.25, 0.3) is 10.9 Å². The van der Waals surface area contributed by atoms with E-state index in [1.54, 1.807) is 13.1 Å². The number of esters is 1. The van der Waals surface area contributed by atoms with Crippen molar-refractivity contribution in [2.75, 3.05) is 0 Å². The van der Waals surface area contributed by atoms with Crippen LogP contribution >= 0.6 is 0 Å². The maximum absolute atomic E-state index is 12.6. The summed E-state index contributed by atoms with van der Waals surface area (Å²) in [6, 6.07) is 7.52. The van der Waals surface area contributed by atoms with E-state index in [0.717, 1.165) is 22.2 Å². The Morgan fingerprint density at radius 1 is 1.28 bits per heavy atom. The van der Waals surface area contributed by atoms with Gasteiger partial charge in [-0.05, 0) is 33.3 Å². The van der Waals surface area contributed by atoms with Gasteiger partial charge in [0.25, 0.3) is 0 Å². The number of para-hydroxylation sites is 1. The number of benzene rings is 1. The highest BCUT2D eigenvalue weighted by Crippen LogP contribution is 2.20. The highest BCUT2D eigenvalue weighted by Gasteiger charge is 2.22. The fraction of sp³-hybridized carbons (Fsp3) is 0.316. The summed E-state index contributed by atoms with van der Waals surface area (Å²) in [5.41, 5.74) is 3.09. The molecule has 0 unspecified atom stereocenters. The molecule has 6 nitrogen and oxygen atoms in total. The lowest BCUT2D eigenvalue weighted by atomic mass is 10.1. The summed E-state index contributed by atoms with van der Waals surface area (Å²) in [7, 11) is 0. The number of aromatic nitrogens is 2. The number of nitrogens with one attached hydrogen (secondary N) is 1. The lowest BCUT2D eigenvalue weighted by Crippen LogP contribution is -2.24. The van der Waals surface area contributed by atoms with Crippen LogP contribution in [0, 0.1) is 13.8 Å². The molecule has 0 aliphatic heterocycles. The quantitative estimate of drug-likeness (QED) is 0.548. The lowest BCUT2D eigenvalue weighted by molar-refractivity contribution is -0.146. The zero-order valence-electron chi connectivity index (χ0n) is 14.5. The van der Waals surface area contributed by atoms with Crippen LogP contribution in [0.4, 0.5) is 0 Å². The summed E-state index contributed by atoms with van der Waals surface area (Å²) in [4.78, 5) is 27.7. The SMILES string of the molecule is Cc1noc(C)c1CCC(=O)O[C@H](C)C(=O)c1c[nH]c2ccccc12. The largest absolute Gasteiger partial charge is 0.454 e. The van der Waals surface area contributed by atoms with Gasteiger partial charge in [-0.25, -0.2) is 0 Å². The van der Waals surface area contributed by atoms with Gasteiger partial charge in [-0.1, -0.05) is 23.4 Å². The van der Waals surface area contributed by atoms with Crippen molar-refractivity contribution in [3.63, 3.8) is 0 Å². The smallest absolute Gasteiger partial charge is 0.306 e. The molecule has 3 aromatic rings. The van der Waals surface area contributed by atoms with E-state index in [1.165, 1.54) is 0 Å². The number of fused-ring (bicyclic) bond motifs is 1. The van der Waals surface area contributed by atoms with Gasteiger partial charge in [0.1, 0.15) is 5.76 Å². The maximum atomic E-state index is 12.6. The van der Waals surface area contributed by atoms with Crippen LogP contribution in [0.3, 0.4) is 0 Å². The van der Waals surface area contributed by atoms with E-state index in [-0.39, 0.29) is 12.2 Å². The highest BCUT2D eigenvalue weighted by atomic mass is 16.5. The van der Waals surface area contributed by atoms with E-state index in [4.69, 9.17) is 9.26 Å². The Morgan fingerprint density at radius 3 is 2.76 bits per heavy atom. The molecule has 0 amide bonds. The normalized spacial score (nSPS) is 12.3. The number of ether oxygens (including phenoxy) is 1. The minimum absolute atomic E-state index is 0.175. The Hall–Kier alpha value is -2.89. The Balaban J connectivity index is 1.62. The number of Topliss-reactive ketones (excluding diaryl/α,β-unsaturated/α-hetero) is 1. The Bertz CT molecular complexity index is 903. The average molecular weight is 340 g/mol. The van der Waals surface area contributed by atoms with Crippen molar-refractivity contribution in [1.82, 2.24) is 10.1 Å². The summed E-state index contributed by atoms with van der Waals surface area (Å²) in [5, 5.41) is 4.69. The monoisotopic (exact) mass is 340 g/mol. The van der Waals surface area contributed by atoms with Crippen LogP contribution in [-0.4, -0.2) is 28.0 Å². The molecule has 3 rings (SSSR count). The van der Waals surface area contributed by atoms with Crippen molar-refractivity contribution in [3.05, 3.63) is 53.0 Å². The molecular formula is C19H20N2O4. The number of aryl methyl sites for hydroxylation is 2. The second kappa shape index (κ2) is 6.93. The fourth-order valence-electron chi connectivity index (χ4n) is 2.89. The molecule has 6 heteroatoms. The maximum Gasteiger partial charge on any atom is 0.306 e. The van der Waals surface area contributed by atoms with Gasteiger partial charge in [0.2, 0.25) is 5.78 Å². The zero-order chi connectivity index (χ0) is 18.0. The minimum atomic E-state index is -0.837. The molecule has 2 heterocycles. The van der Waals surface area contributed by atoms with Gasteiger partial charge in [-0.15, -0.1) is 0 Å². The van der Waals surface area contributed by atoms with E-state index in [1.807, 2.05) is 38.1 Å². The van der Waals surface area contributed by atoms with Gasteiger partial charge in [-0.2, -0.15) is 0 Å². The average Bonchev–Trinajstić information content (AvgIpc) is 3.16. The van der Waals surface area contributed by atoms with Gasteiger partial charge in [0.05, 0.1) is 5.69 Å². The first-order valence-electron chi connectivity index (χ1n) is 8.19. The number of rotatable bonds is 6. The minimum Gasteiger partial charge on any atom is -0.454 e. The molecule has 1 atom stereocenters. The molecule has 0 saturated heterocycles.